The number of Topliss-reactive ketones (excluding diaryl/α,β-unsaturated/α-hetero) is 1. The summed E-state index contributed by atoms with van der Waals surface area (Å²) in [6.07, 6.45) is 1.90. The highest BCUT2D eigenvalue weighted by Crippen LogP contribution is 2.20. The van der Waals surface area contributed by atoms with Crippen LogP contribution in [0.15, 0.2) is 47.8 Å². The van der Waals surface area contributed by atoms with Crippen molar-refractivity contribution in [2.75, 3.05) is 5.75 Å². The number of hydrogen-bond acceptors (Lipinski definition) is 4. The molecule has 4 nitrogen and oxygen atoms in total. The minimum absolute atomic E-state index is 0.119. The normalized spacial score (nSPS) is 11.0. The number of rotatable bonds is 4. The molecule has 21 heavy (non-hydrogen) atoms. The average molecular weight is 297 g/mol. The molecule has 0 fully saturated rings. The standard InChI is InChI=1S/C16H15N3OS/c1-11-6-7-12(2)13(9-11)14(20)10-21-16-18-17-15-5-3-4-8-19(15)16/h3-9H,10H2,1-2H3. The minimum Gasteiger partial charge on any atom is -0.293 e. The van der Waals surface area contributed by atoms with Crippen molar-refractivity contribution in [3.05, 3.63) is 59.3 Å². The van der Waals surface area contributed by atoms with Crippen molar-refractivity contribution in [3.63, 3.8) is 0 Å². The fourth-order valence-electron chi connectivity index (χ4n) is 2.16. The lowest BCUT2D eigenvalue weighted by Gasteiger charge is -2.05. The van der Waals surface area contributed by atoms with Crippen LogP contribution in [0.3, 0.4) is 0 Å². The summed E-state index contributed by atoms with van der Waals surface area (Å²) in [6, 6.07) is 11.7. The molecule has 0 spiro atoms. The lowest BCUT2D eigenvalue weighted by molar-refractivity contribution is 0.102. The quantitative estimate of drug-likeness (QED) is 0.547. The van der Waals surface area contributed by atoms with E-state index in [2.05, 4.69) is 10.2 Å². The van der Waals surface area contributed by atoms with E-state index in [1.807, 2.05) is 60.8 Å². The van der Waals surface area contributed by atoms with Crippen LogP contribution < -0.4 is 0 Å². The number of nitrogens with zero attached hydrogens (tertiary/aromatic N) is 3. The highest BCUT2D eigenvalue weighted by Gasteiger charge is 2.12. The summed E-state index contributed by atoms with van der Waals surface area (Å²) in [5.74, 6) is 0.480. The zero-order chi connectivity index (χ0) is 14.8. The Bertz CT molecular complexity index is 810. The SMILES string of the molecule is Cc1ccc(C)c(C(=O)CSc2nnc3ccccn23)c1. The molecule has 0 amide bonds. The van der Waals surface area contributed by atoms with Crippen molar-refractivity contribution in [1.29, 1.82) is 0 Å². The molecule has 3 rings (SSSR count). The van der Waals surface area contributed by atoms with Crippen molar-refractivity contribution in [2.45, 2.75) is 19.0 Å². The summed E-state index contributed by atoms with van der Waals surface area (Å²) in [4.78, 5) is 12.4. The number of ketones is 1. The molecule has 0 bridgehead atoms. The van der Waals surface area contributed by atoms with Gasteiger partial charge in [-0.25, -0.2) is 0 Å². The number of fused-ring (bicyclic) bond motifs is 1. The van der Waals surface area contributed by atoms with E-state index in [0.717, 1.165) is 27.5 Å². The molecule has 2 aromatic heterocycles. The molecule has 0 saturated heterocycles. The van der Waals surface area contributed by atoms with Crippen molar-refractivity contribution >= 4 is 23.2 Å². The number of pyridine rings is 1. The van der Waals surface area contributed by atoms with Gasteiger partial charge in [0.05, 0.1) is 5.75 Å². The van der Waals surface area contributed by atoms with Crippen molar-refractivity contribution in [3.8, 4) is 0 Å². The number of benzene rings is 1. The lowest BCUT2D eigenvalue weighted by Crippen LogP contribution is -2.05. The Morgan fingerprint density at radius 3 is 2.90 bits per heavy atom. The van der Waals surface area contributed by atoms with Crippen LogP contribution in [0.1, 0.15) is 21.5 Å². The largest absolute Gasteiger partial charge is 0.293 e. The zero-order valence-corrected chi connectivity index (χ0v) is 12.7. The Morgan fingerprint density at radius 2 is 2.05 bits per heavy atom. The Morgan fingerprint density at radius 1 is 1.19 bits per heavy atom. The molecule has 106 valence electrons. The van der Waals surface area contributed by atoms with E-state index in [-0.39, 0.29) is 5.78 Å². The number of carbonyl (C=O) groups excluding carboxylic acids is 1. The van der Waals surface area contributed by atoms with E-state index < -0.39 is 0 Å². The molecule has 0 aliphatic heterocycles. The third kappa shape index (κ3) is 2.83. The molecule has 0 saturated carbocycles. The molecule has 0 unspecified atom stereocenters. The van der Waals surface area contributed by atoms with Crippen LogP contribution >= 0.6 is 11.8 Å². The summed E-state index contributed by atoms with van der Waals surface area (Å²) < 4.78 is 1.89. The number of aromatic nitrogens is 3. The van der Waals surface area contributed by atoms with Crippen molar-refractivity contribution < 1.29 is 4.79 Å². The maximum Gasteiger partial charge on any atom is 0.196 e. The topological polar surface area (TPSA) is 47.3 Å². The molecule has 1 aromatic carbocycles. The maximum absolute atomic E-state index is 12.4. The van der Waals surface area contributed by atoms with Crippen molar-refractivity contribution in [2.24, 2.45) is 0 Å². The summed E-state index contributed by atoms with van der Waals surface area (Å²) in [7, 11) is 0. The first-order valence-electron chi connectivity index (χ1n) is 6.68. The van der Waals surface area contributed by atoms with Crippen LogP contribution in [-0.4, -0.2) is 26.1 Å². The van der Waals surface area contributed by atoms with Gasteiger partial charge in [0.2, 0.25) is 0 Å². The van der Waals surface area contributed by atoms with Gasteiger partial charge in [-0.3, -0.25) is 9.20 Å². The number of thioether (sulfide) groups is 1. The molecular formula is C16H15N3OS. The smallest absolute Gasteiger partial charge is 0.196 e. The second-order valence-corrected chi connectivity index (χ2v) is 5.88. The second kappa shape index (κ2) is 5.69. The molecule has 0 aliphatic rings. The maximum atomic E-state index is 12.4. The van der Waals surface area contributed by atoms with Crippen LogP contribution in [0.5, 0.6) is 0 Å². The third-order valence-electron chi connectivity index (χ3n) is 3.31. The highest BCUT2D eigenvalue weighted by molar-refractivity contribution is 7.99. The van der Waals surface area contributed by atoms with Gasteiger partial charge in [0.25, 0.3) is 0 Å². The second-order valence-electron chi connectivity index (χ2n) is 4.94. The van der Waals surface area contributed by atoms with Gasteiger partial charge in [-0.15, -0.1) is 10.2 Å². The zero-order valence-electron chi connectivity index (χ0n) is 11.9. The molecule has 0 N–H and O–H groups in total. The van der Waals surface area contributed by atoms with E-state index >= 15 is 0 Å². The highest BCUT2D eigenvalue weighted by atomic mass is 32.2. The molecule has 3 aromatic rings. The first-order chi connectivity index (χ1) is 10.1. The summed E-state index contributed by atoms with van der Waals surface area (Å²) in [5.41, 5.74) is 3.69. The van der Waals surface area contributed by atoms with E-state index in [9.17, 15) is 4.79 Å². The summed E-state index contributed by atoms with van der Waals surface area (Å²) >= 11 is 1.41. The van der Waals surface area contributed by atoms with Gasteiger partial charge in [-0.2, -0.15) is 0 Å². The van der Waals surface area contributed by atoms with Gasteiger partial charge in [-0.05, 0) is 37.6 Å². The molecular weight excluding hydrogens is 282 g/mol. The van der Waals surface area contributed by atoms with Gasteiger partial charge in [0.15, 0.2) is 16.6 Å². The molecule has 0 atom stereocenters. The monoisotopic (exact) mass is 297 g/mol. The van der Waals surface area contributed by atoms with E-state index in [4.69, 9.17) is 0 Å². The fourth-order valence-corrected chi connectivity index (χ4v) is 2.97. The van der Waals surface area contributed by atoms with Crippen LogP contribution in [0.4, 0.5) is 0 Å². The first-order valence-corrected chi connectivity index (χ1v) is 7.67. The molecule has 5 heteroatoms. The minimum atomic E-state index is 0.119. The van der Waals surface area contributed by atoms with E-state index in [0.29, 0.717) is 5.75 Å². The number of hydrogen-bond donors (Lipinski definition) is 0. The third-order valence-corrected chi connectivity index (χ3v) is 4.25. The van der Waals surface area contributed by atoms with Crippen LogP contribution in [0.25, 0.3) is 5.65 Å². The van der Waals surface area contributed by atoms with Crippen LogP contribution in [0.2, 0.25) is 0 Å². The van der Waals surface area contributed by atoms with E-state index in [1.54, 1.807) is 0 Å². The van der Waals surface area contributed by atoms with Crippen LogP contribution in [0, 0.1) is 13.8 Å². The fraction of sp³-hybridized carbons (Fsp3) is 0.188. The summed E-state index contributed by atoms with van der Waals surface area (Å²) in [6.45, 7) is 3.96. The predicted octanol–water partition coefficient (Wildman–Crippen LogP) is 3.32. The van der Waals surface area contributed by atoms with Gasteiger partial charge in [0, 0.05) is 11.8 Å². The molecule has 0 aliphatic carbocycles. The average Bonchev–Trinajstić information content (AvgIpc) is 2.90. The predicted molar refractivity (Wildman–Crippen MR) is 84.0 cm³/mol. The Labute approximate surface area is 127 Å². The Balaban J connectivity index is 1.78. The first kappa shape index (κ1) is 13.8. The summed E-state index contributed by atoms with van der Waals surface area (Å²) in [5, 5.41) is 8.95. The number of aryl methyl sites for hydroxylation is 2. The van der Waals surface area contributed by atoms with Gasteiger partial charge in [-0.1, -0.05) is 35.5 Å². The van der Waals surface area contributed by atoms with Gasteiger partial charge < -0.3 is 0 Å². The van der Waals surface area contributed by atoms with Crippen molar-refractivity contribution in [1.82, 2.24) is 14.6 Å². The van der Waals surface area contributed by atoms with Gasteiger partial charge in [0.1, 0.15) is 0 Å². The Hall–Kier alpha value is -2.14. The molecule has 0 radical (unpaired) electrons. The Kier molecular flexibility index (Phi) is 3.75. The molecule has 2 heterocycles. The lowest BCUT2D eigenvalue weighted by atomic mass is 10.0. The van der Waals surface area contributed by atoms with Gasteiger partial charge >= 0.3 is 0 Å². The number of carbonyl (C=O) groups is 1. The van der Waals surface area contributed by atoms with E-state index in [1.165, 1.54) is 11.8 Å². The van der Waals surface area contributed by atoms with Crippen LogP contribution in [-0.2, 0) is 0 Å².